The predicted octanol–water partition coefficient (Wildman–Crippen LogP) is 1.48. The predicted molar refractivity (Wildman–Crippen MR) is 277 cm³/mol. The van der Waals surface area contributed by atoms with Crippen LogP contribution in [-0.4, -0.2) is 143 Å². The van der Waals surface area contributed by atoms with Gasteiger partial charge in [-0.1, -0.05) is 100 Å². The molecule has 2 fully saturated rings. The van der Waals surface area contributed by atoms with Crippen LogP contribution in [0.2, 0.25) is 0 Å². The fourth-order valence-corrected chi connectivity index (χ4v) is 8.34. The molecule has 0 aliphatic carbocycles. The summed E-state index contributed by atoms with van der Waals surface area (Å²) < 4.78 is 22.8. The van der Waals surface area contributed by atoms with Crippen molar-refractivity contribution in [1.82, 2.24) is 41.9 Å². The largest absolute Gasteiger partial charge is 0.551 e. The van der Waals surface area contributed by atoms with E-state index in [0.29, 0.717) is 11.4 Å². The number of pyridine rings is 2. The number of benzene rings is 2. The van der Waals surface area contributed by atoms with Gasteiger partial charge in [0.15, 0.2) is 0 Å². The van der Waals surface area contributed by atoms with E-state index in [2.05, 4.69) is 41.9 Å². The van der Waals surface area contributed by atoms with Crippen molar-refractivity contribution in [2.75, 3.05) is 13.1 Å². The molecule has 2 saturated heterocycles. The second-order valence-corrected chi connectivity index (χ2v) is 19.4. The van der Waals surface area contributed by atoms with E-state index < -0.39 is 123 Å². The van der Waals surface area contributed by atoms with Gasteiger partial charge in [-0.05, 0) is 62.8 Å². The number of hydrogen-bond donors (Lipinski definition) is 8. The van der Waals surface area contributed by atoms with Crippen LogP contribution in [0, 0.1) is 11.8 Å². The van der Waals surface area contributed by atoms with Crippen LogP contribution in [0.4, 0.5) is 0 Å². The maximum Gasteiger partial charge on any atom is 0.551 e. The topological polar surface area (TPSA) is 312 Å². The summed E-state index contributed by atoms with van der Waals surface area (Å²) in [6.07, 6.45) is -6.08. The Balaban J connectivity index is 1.01. The van der Waals surface area contributed by atoms with E-state index in [4.69, 9.17) is 18.6 Å². The van der Waals surface area contributed by atoms with E-state index in [9.17, 15) is 48.6 Å². The quantitative estimate of drug-likeness (QED) is 0.0385. The van der Waals surface area contributed by atoms with E-state index in [1.54, 1.807) is 24.3 Å². The van der Waals surface area contributed by atoms with Gasteiger partial charge in [-0.15, -0.1) is 0 Å². The summed E-state index contributed by atoms with van der Waals surface area (Å²) in [6, 6.07) is 25.0. The van der Waals surface area contributed by atoms with Crippen LogP contribution >= 0.6 is 0 Å². The maximum atomic E-state index is 13.7. The minimum atomic E-state index is -1.47. The van der Waals surface area contributed by atoms with E-state index in [0.717, 1.165) is 11.1 Å². The highest BCUT2D eigenvalue weighted by atomic mass is 16.6. The van der Waals surface area contributed by atoms with E-state index in [1.165, 1.54) is 26.0 Å². The van der Waals surface area contributed by atoms with Crippen LogP contribution in [0.3, 0.4) is 0 Å². The molecule has 8 atom stereocenters. The number of rotatable bonds is 23. The third-order valence-corrected chi connectivity index (χ3v) is 12.1. The molecule has 2 aromatic heterocycles. The molecular formula is C52H64B2N8O14. The van der Waals surface area contributed by atoms with Crippen molar-refractivity contribution in [3.8, 4) is 22.5 Å². The summed E-state index contributed by atoms with van der Waals surface area (Å²) in [5.41, 5.74) is 2.57. The molecule has 6 amide bonds. The summed E-state index contributed by atoms with van der Waals surface area (Å²) in [6.45, 7) is 9.68. The first-order valence-corrected chi connectivity index (χ1v) is 25.1. The molecular weight excluding hydrogens is 982 g/mol. The first-order chi connectivity index (χ1) is 36.3. The minimum Gasteiger partial charge on any atom is -0.508 e. The van der Waals surface area contributed by atoms with Gasteiger partial charge in [0.1, 0.15) is 35.7 Å². The van der Waals surface area contributed by atoms with Gasteiger partial charge in [-0.3, -0.25) is 38.4 Å². The van der Waals surface area contributed by atoms with Crippen molar-refractivity contribution in [2.45, 2.75) is 116 Å². The summed E-state index contributed by atoms with van der Waals surface area (Å²) in [5, 5.41) is 37.0. The lowest BCUT2D eigenvalue weighted by Crippen LogP contribution is -2.61. The molecule has 2 aromatic carbocycles. The average molecular weight is 1050 g/mol. The highest BCUT2D eigenvalue weighted by Crippen LogP contribution is 2.22. The van der Waals surface area contributed by atoms with Crippen LogP contribution in [0.1, 0.15) is 88.2 Å². The molecule has 4 heterocycles. The van der Waals surface area contributed by atoms with E-state index in [-0.39, 0.29) is 49.2 Å². The Morgan fingerprint density at radius 2 is 0.908 bits per heavy atom. The molecule has 0 radical (unpaired) electrons. The molecule has 402 valence electrons. The Labute approximate surface area is 440 Å². The lowest BCUT2D eigenvalue weighted by Gasteiger charge is -2.33. The standard InChI is InChI=1S/C52H64B2N8O14/c1-29(2)25-41(59-51(71)45(31(5)63)61-47(67)37-21-13-19-35(57-37)33-15-9-7-10-16-33)53-73-39(27-43(65)75-53)49(69)55-23-24-56-50(70)40-28-44(66)76-54(74-40)42(26-30(3)4)60-52(72)46(32(6)64)62-48(68)38-22-14-20-36(58-38)34-17-11-8-12-18-34/h7-22,29-32,39-42,45-46,63-64H,23-28H2,1-6H3,(H,55,69)(H,56,70)(H,59,71)(H,60,72)(H,61,67)(H,62,68)/t31-,32-,39-,40-,41+,42+,45+,46+/m1/s1. The number of aliphatic hydroxyl groups is 2. The maximum absolute atomic E-state index is 13.7. The fraction of sp³-hybridized carbons (Fsp3) is 0.423. The Morgan fingerprint density at radius 3 is 1.25 bits per heavy atom. The molecule has 0 bridgehead atoms. The Hall–Kier alpha value is -7.53. The zero-order valence-corrected chi connectivity index (χ0v) is 43.1. The van der Waals surface area contributed by atoms with Gasteiger partial charge >= 0.3 is 14.2 Å². The molecule has 4 aromatic rings. The Bertz CT molecular complexity index is 2500. The van der Waals surface area contributed by atoms with Gasteiger partial charge in [-0.25, -0.2) is 9.97 Å². The van der Waals surface area contributed by atoms with Crippen LogP contribution in [0.15, 0.2) is 97.1 Å². The van der Waals surface area contributed by atoms with Gasteiger partial charge < -0.3 is 60.7 Å². The van der Waals surface area contributed by atoms with Crippen molar-refractivity contribution >= 4 is 61.6 Å². The number of nitrogens with zero attached hydrogens (tertiary/aromatic N) is 2. The van der Waals surface area contributed by atoms with Crippen molar-refractivity contribution in [2.24, 2.45) is 11.8 Å². The molecule has 24 heteroatoms. The fourth-order valence-electron chi connectivity index (χ4n) is 8.34. The molecule has 2 aliphatic heterocycles. The van der Waals surface area contributed by atoms with Gasteiger partial charge in [0.05, 0.1) is 48.3 Å². The summed E-state index contributed by atoms with van der Waals surface area (Å²) >= 11 is 0. The molecule has 0 unspecified atom stereocenters. The van der Waals surface area contributed by atoms with Crippen LogP contribution < -0.4 is 31.9 Å². The van der Waals surface area contributed by atoms with Crippen molar-refractivity contribution in [1.29, 1.82) is 0 Å². The zero-order valence-electron chi connectivity index (χ0n) is 43.1. The van der Waals surface area contributed by atoms with Gasteiger partial charge in [0.2, 0.25) is 23.6 Å². The SMILES string of the molecule is CC(C)C[C@H](NC(=O)[C@@H](NC(=O)c1cccc(-c2ccccc2)n1)[C@@H](C)O)B1OC(=O)C[C@H](C(=O)NCCNC(=O)[C@H]2CC(=O)OB([C@H](CC(C)C)NC(=O)[C@@H](NC(=O)c3cccc(-c4ccccc4)n3)[C@@H](C)O)O2)O1. The first kappa shape index (κ1) is 57.7. The Kier molecular flexibility index (Phi) is 20.8. The second-order valence-electron chi connectivity index (χ2n) is 19.4. The third-order valence-electron chi connectivity index (χ3n) is 12.1. The summed E-state index contributed by atoms with van der Waals surface area (Å²) in [7, 11) is -2.90. The van der Waals surface area contributed by atoms with Gasteiger partial charge in [0.25, 0.3) is 23.8 Å². The molecule has 0 spiro atoms. The van der Waals surface area contributed by atoms with Crippen LogP contribution in [0.25, 0.3) is 22.5 Å². The normalized spacial score (nSPS) is 17.9. The number of aromatic nitrogens is 2. The lowest BCUT2D eigenvalue weighted by atomic mass is 9.72. The molecule has 2 aliphatic rings. The monoisotopic (exact) mass is 1050 g/mol. The molecule has 6 rings (SSSR count). The van der Waals surface area contributed by atoms with E-state index >= 15 is 0 Å². The lowest BCUT2D eigenvalue weighted by molar-refractivity contribution is -0.149. The number of nitrogens with one attached hydrogen (secondary N) is 6. The third kappa shape index (κ3) is 16.5. The van der Waals surface area contributed by atoms with Crippen molar-refractivity contribution in [3.63, 3.8) is 0 Å². The van der Waals surface area contributed by atoms with Gasteiger partial charge in [0, 0.05) is 24.2 Å². The smallest absolute Gasteiger partial charge is 0.508 e. The summed E-state index contributed by atoms with van der Waals surface area (Å²) in [4.78, 5) is 116. The average Bonchev–Trinajstić information content (AvgIpc) is 3.39. The number of amides is 6. The molecule has 0 saturated carbocycles. The Morgan fingerprint density at radius 1 is 0.539 bits per heavy atom. The highest BCUT2D eigenvalue weighted by Gasteiger charge is 2.47. The molecule has 8 N–H and O–H groups in total. The first-order valence-electron chi connectivity index (χ1n) is 25.1. The second kappa shape index (κ2) is 27.3. The zero-order chi connectivity index (χ0) is 55.1. The number of carbonyl (C=O) groups excluding carboxylic acids is 8. The number of hydrogen-bond acceptors (Lipinski definition) is 16. The summed E-state index contributed by atoms with van der Waals surface area (Å²) in [5.74, 6) is -8.43. The highest BCUT2D eigenvalue weighted by molar-refractivity contribution is 6.50. The van der Waals surface area contributed by atoms with Crippen molar-refractivity contribution in [3.05, 3.63) is 108 Å². The minimum absolute atomic E-state index is 0.000296. The van der Waals surface area contributed by atoms with Crippen LogP contribution in [-0.2, 0) is 47.4 Å². The number of aliphatic hydroxyl groups excluding tert-OH is 2. The van der Waals surface area contributed by atoms with Gasteiger partial charge in [-0.2, -0.15) is 0 Å². The molecule has 76 heavy (non-hydrogen) atoms. The molecule has 22 nitrogen and oxygen atoms in total. The van der Waals surface area contributed by atoms with Crippen LogP contribution in [0.5, 0.6) is 0 Å². The number of carbonyl (C=O) groups is 8. The van der Waals surface area contributed by atoms with Crippen molar-refractivity contribution < 1.29 is 67.2 Å². The van der Waals surface area contributed by atoms with E-state index in [1.807, 2.05) is 88.4 Å².